The average molecular weight is 164 g/mol. The van der Waals surface area contributed by atoms with Gasteiger partial charge < -0.3 is 4.74 Å². The Balaban J connectivity index is 2.07. The second kappa shape index (κ2) is 1.95. The van der Waals surface area contributed by atoms with Gasteiger partial charge in [-0.05, 0) is 18.1 Å². The minimum atomic E-state index is 0.477. The maximum Gasteiger partial charge on any atom is 0.157 e. The number of hydrogen-bond donors (Lipinski definition) is 0. The molecule has 1 nitrogen and oxygen atoms in total. The van der Waals surface area contributed by atoms with Crippen LogP contribution in [0.25, 0.3) is 0 Å². The van der Waals surface area contributed by atoms with Crippen molar-refractivity contribution >= 4 is 11.8 Å². The zero-order valence-corrected chi connectivity index (χ0v) is 6.80. The van der Waals surface area contributed by atoms with Crippen molar-refractivity contribution in [1.29, 1.82) is 0 Å². The monoisotopic (exact) mass is 164 g/mol. The summed E-state index contributed by atoms with van der Waals surface area (Å²) in [4.78, 5) is 0. The minimum Gasteiger partial charge on any atom is -0.478 e. The highest BCUT2D eigenvalue weighted by Gasteiger charge is 2.44. The van der Waals surface area contributed by atoms with Crippen LogP contribution in [0.15, 0.2) is 24.3 Å². The molecule has 0 saturated carbocycles. The van der Waals surface area contributed by atoms with Crippen LogP contribution in [-0.2, 0) is 6.42 Å². The molecule has 2 aliphatic heterocycles. The highest BCUT2D eigenvalue weighted by Crippen LogP contribution is 2.49. The Morgan fingerprint density at radius 3 is 3.27 bits per heavy atom. The zero-order chi connectivity index (χ0) is 7.26. The van der Waals surface area contributed by atoms with E-state index < -0.39 is 0 Å². The predicted molar refractivity (Wildman–Crippen MR) is 45.9 cm³/mol. The van der Waals surface area contributed by atoms with Crippen molar-refractivity contribution in [3.05, 3.63) is 29.8 Å². The van der Waals surface area contributed by atoms with Crippen LogP contribution in [0, 0.1) is 0 Å². The molecule has 2 atom stereocenters. The summed E-state index contributed by atoms with van der Waals surface area (Å²) in [5.74, 6) is 1.10. The third-order valence-electron chi connectivity index (χ3n) is 2.17. The quantitative estimate of drug-likeness (QED) is 0.543. The van der Waals surface area contributed by atoms with E-state index in [4.69, 9.17) is 4.74 Å². The lowest BCUT2D eigenvalue weighted by Crippen LogP contribution is -2.12. The van der Waals surface area contributed by atoms with Gasteiger partial charge in [0.05, 0.1) is 5.25 Å². The fraction of sp³-hybridized carbons (Fsp3) is 0.333. The molecule has 1 aromatic rings. The highest BCUT2D eigenvalue weighted by atomic mass is 32.2. The van der Waals surface area contributed by atoms with E-state index in [1.54, 1.807) is 0 Å². The molecule has 0 spiro atoms. The van der Waals surface area contributed by atoms with Crippen LogP contribution < -0.4 is 4.74 Å². The smallest absolute Gasteiger partial charge is 0.157 e. The average Bonchev–Trinajstić information content (AvgIpc) is 2.77. The van der Waals surface area contributed by atoms with Gasteiger partial charge in [0.25, 0.3) is 0 Å². The normalized spacial score (nSPS) is 31.6. The second-order valence-electron chi connectivity index (χ2n) is 2.97. The maximum absolute atomic E-state index is 5.67. The molecule has 2 heteroatoms. The van der Waals surface area contributed by atoms with Crippen molar-refractivity contribution in [2.24, 2.45) is 0 Å². The van der Waals surface area contributed by atoms with Gasteiger partial charge in [0.15, 0.2) is 5.44 Å². The molecule has 3 rings (SSSR count). The van der Waals surface area contributed by atoms with Gasteiger partial charge in [0, 0.05) is 0 Å². The summed E-state index contributed by atoms with van der Waals surface area (Å²) >= 11 is 1.93. The zero-order valence-electron chi connectivity index (χ0n) is 5.99. The van der Waals surface area contributed by atoms with Crippen molar-refractivity contribution in [2.75, 3.05) is 0 Å². The molecule has 1 fully saturated rings. The Hall–Kier alpha value is -0.630. The Morgan fingerprint density at radius 1 is 1.36 bits per heavy atom. The van der Waals surface area contributed by atoms with E-state index in [9.17, 15) is 0 Å². The summed E-state index contributed by atoms with van der Waals surface area (Å²) in [5, 5.41) is 0.755. The lowest BCUT2D eigenvalue weighted by molar-refractivity contribution is 0.295. The molecule has 0 N–H and O–H groups in total. The Kier molecular flexibility index (Phi) is 1.05. The van der Waals surface area contributed by atoms with Crippen LogP contribution in [0.2, 0.25) is 0 Å². The van der Waals surface area contributed by atoms with Gasteiger partial charge in [-0.2, -0.15) is 0 Å². The lowest BCUT2D eigenvalue weighted by Gasteiger charge is -2.13. The summed E-state index contributed by atoms with van der Waals surface area (Å²) in [7, 11) is 0. The number of para-hydroxylation sites is 1. The van der Waals surface area contributed by atoms with Gasteiger partial charge in [-0.1, -0.05) is 18.2 Å². The van der Waals surface area contributed by atoms with Gasteiger partial charge in [0.1, 0.15) is 5.75 Å². The van der Waals surface area contributed by atoms with E-state index in [1.807, 2.05) is 17.8 Å². The van der Waals surface area contributed by atoms with E-state index in [1.165, 1.54) is 12.0 Å². The van der Waals surface area contributed by atoms with Gasteiger partial charge in [0.2, 0.25) is 0 Å². The summed E-state index contributed by atoms with van der Waals surface area (Å²) in [5.41, 5.74) is 1.85. The first-order valence-corrected chi connectivity index (χ1v) is 4.78. The van der Waals surface area contributed by atoms with Crippen molar-refractivity contribution < 1.29 is 4.74 Å². The summed E-state index contributed by atoms with van der Waals surface area (Å²) in [6.45, 7) is 0. The summed E-state index contributed by atoms with van der Waals surface area (Å²) < 4.78 is 5.67. The molecule has 0 amide bonds. The van der Waals surface area contributed by atoms with Crippen molar-refractivity contribution in [2.45, 2.75) is 17.1 Å². The van der Waals surface area contributed by atoms with Gasteiger partial charge in [-0.3, -0.25) is 0 Å². The number of thioether (sulfide) groups is 1. The van der Waals surface area contributed by atoms with Gasteiger partial charge >= 0.3 is 0 Å². The standard InChI is InChI=1S/C9H8OS/c1-2-4-7-6(3-1)5-8-9(10-7)11-8/h1-4,8-9H,5H2. The number of hydrogen-bond acceptors (Lipinski definition) is 2. The molecule has 0 aliphatic carbocycles. The van der Waals surface area contributed by atoms with Crippen LogP contribution in [-0.4, -0.2) is 10.7 Å². The number of rotatable bonds is 0. The molecular formula is C9H8OS. The third-order valence-corrected chi connectivity index (χ3v) is 3.31. The first kappa shape index (κ1) is 5.95. The fourth-order valence-corrected chi connectivity index (χ4v) is 2.34. The van der Waals surface area contributed by atoms with E-state index >= 15 is 0 Å². The first-order chi connectivity index (χ1) is 5.43. The number of fused-ring (bicyclic) bond motifs is 2. The van der Waals surface area contributed by atoms with Crippen LogP contribution in [0.5, 0.6) is 5.75 Å². The SMILES string of the molecule is c1ccc2c(c1)CC1SC1O2. The molecule has 11 heavy (non-hydrogen) atoms. The third kappa shape index (κ3) is 0.857. The van der Waals surface area contributed by atoms with E-state index in [0.717, 1.165) is 11.0 Å². The van der Waals surface area contributed by atoms with Crippen LogP contribution >= 0.6 is 11.8 Å². The summed E-state index contributed by atoms with van der Waals surface area (Å²) in [6, 6.07) is 8.33. The minimum absolute atomic E-state index is 0.477. The lowest BCUT2D eigenvalue weighted by atomic mass is 10.1. The number of benzene rings is 1. The Morgan fingerprint density at radius 2 is 2.27 bits per heavy atom. The Bertz CT molecular complexity index is 268. The second-order valence-corrected chi connectivity index (χ2v) is 4.31. The van der Waals surface area contributed by atoms with Crippen molar-refractivity contribution in [1.82, 2.24) is 0 Å². The maximum atomic E-state index is 5.67. The van der Waals surface area contributed by atoms with E-state index in [2.05, 4.69) is 18.2 Å². The number of ether oxygens (including phenoxy) is 1. The molecular weight excluding hydrogens is 156 g/mol. The van der Waals surface area contributed by atoms with Crippen LogP contribution in [0.4, 0.5) is 0 Å². The molecule has 0 bridgehead atoms. The van der Waals surface area contributed by atoms with Crippen molar-refractivity contribution in [3.8, 4) is 5.75 Å². The summed E-state index contributed by atoms with van der Waals surface area (Å²) in [6.07, 6.45) is 1.20. The van der Waals surface area contributed by atoms with Crippen molar-refractivity contribution in [3.63, 3.8) is 0 Å². The van der Waals surface area contributed by atoms with E-state index in [-0.39, 0.29) is 0 Å². The van der Waals surface area contributed by atoms with Crippen LogP contribution in [0.3, 0.4) is 0 Å². The van der Waals surface area contributed by atoms with E-state index in [0.29, 0.717) is 5.44 Å². The molecule has 56 valence electrons. The first-order valence-electron chi connectivity index (χ1n) is 3.83. The largest absolute Gasteiger partial charge is 0.478 e. The molecule has 0 radical (unpaired) electrons. The predicted octanol–water partition coefficient (Wildman–Crippen LogP) is 2.06. The fourth-order valence-electron chi connectivity index (χ4n) is 1.50. The molecule has 1 aromatic carbocycles. The topological polar surface area (TPSA) is 9.23 Å². The molecule has 0 aromatic heterocycles. The van der Waals surface area contributed by atoms with Gasteiger partial charge in [-0.15, -0.1) is 11.8 Å². The molecule has 2 unspecified atom stereocenters. The molecule has 2 aliphatic rings. The molecule has 2 heterocycles. The highest BCUT2D eigenvalue weighted by molar-refractivity contribution is 8.07. The Labute approximate surface area is 69.8 Å². The van der Waals surface area contributed by atoms with Crippen LogP contribution in [0.1, 0.15) is 5.56 Å². The molecule has 1 saturated heterocycles. The van der Waals surface area contributed by atoms with Gasteiger partial charge in [-0.25, -0.2) is 0 Å².